The van der Waals surface area contributed by atoms with Gasteiger partial charge in [-0.1, -0.05) is 12.1 Å². The molecule has 0 saturated carbocycles. The van der Waals surface area contributed by atoms with E-state index in [4.69, 9.17) is 10.8 Å². The minimum Gasteiger partial charge on any atom is -0.478 e. The van der Waals surface area contributed by atoms with Crippen LogP contribution < -0.4 is 11.1 Å². The number of nitrogens with zero attached hydrogens (tertiary/aromatic N) is 4. The zero-order valence-corrected chi connectivity index (χ0v) is 10.7. The summed E-state index contributed by atoms with van der Waals surface area (Å²) in [5.74, 6) is -0.372. The summed E-state index contributed by atoms with van der Waals surface area (Å²) in [6, 6.07) is 7.79. The molecule has 104 valence electrons. The molecule has 0 radical (unpaired) electrons. The predicted molar refractivity (Wildman–Crippen MR) is 72.8 cm³/mol. The van der Waals surface area contributed by atoms with Gasteiger partial charge < -0.3 is 16.2 Å². The molecule has 1 aliphatic rings. The van der Waals surface area contributed by atoms with Crippen molar-refractivity contribution in [1.82, 2.24) is 14.8 Å². The molecular weight excluding hydrogens is 272 g/mol. The van der Waals surface area contributed by atoms with Gasteiger partial charge in [0.25, 0.3) is 0 Å². The van der Waals surface area contributed by atoms with Crippen LogP contribution in [0.2, 0.25) is 0 Å². The summed E-state index contributed by atoms with van der Waals surface area (Å²) in [5.41, 5.74) is 7.13. The number of benzene rings is 1. The van der Waals surface area contributed by atoms with Crippen LogP contribution >= 0.6 is 0 Å². The highest BCUT2D eigenvalue weighted by molar-refractivity contribution is 5.87. The highest BCUT2D eigenvalue weighted by atomic mass is 16.4. The Balaban J connectivity index is 2.05. The molecule has 1 aromatic heterocycles. The summed E-state index contributed by atoms with van der Waals surface area (Å²) in [6.07, 6.45) is 1.33. The van der Waals surface area contributed by atoms with Crippen molar-refractivity contribution in [3.8, 4) is 6.07 Å². The van der Waals surface area contributed by atoms with Crippen molar-refractivity contribution in [1.29, 1.82) is 5.26 Å². The molecule has 1 aliphatic heterocycles. The van der Waals surface area contributed by atoms with Crippen LogP contribution in [-0.2, 0) is 0 Å². The SMILES string of the molecule is N#CC1=C(N)n2ncnc2NC1c1ccc(C(=O)O)cc1. The molecule has 1 atom stereocenters. The van der Waals surface area contributed by atoms with Crippen molar-refractivity contribution in [2.45, 2.75) is 6.04 Å². The van der Waals surface area contributed by atoms with E-state index in [2.05, 4.69) is 21.5 Å². The van der Waals surface area contributed by atoms with Gasteiger partial charge in [0.15, 0.2) is 0 Å². The van der Waals surface area contributed by atoms with Crippen LogP contribution in [-0.4, -0.2) is 25.8 Å². The van der Waals surface area contributed by atoms with Crippen molar-refractivity contribution < 1.29 is 9.90 Å². The van der Waals surface area contributed by atoms with Crippen LogP contribution in [0.1, 0.15) is 22.0 Å². The van der Waals surface area contributed by atoms with Crippen LogP contribution in [0.3, 0.4) is 0 Å². The Labute approximate surface area is 119 Å². The van der Waals surface area contributed by atoms with Gasteiger partial charge in [-0.2, -0.15) is 20.0 Å². The highest BCUT2D eigenvalue weighted by Crippen LogP contribution is 2.32. The maximum Gasteiger partial charge on any atom is 0.335 e. The second kappa shape index (κ2) is 4.64. The fraction of sp³-hybridized carbons (Fsp3) is 0.0769. The molecule has 0 saturated heterocycles. The maximum absolute atomic E-state index is 10.9. The Bertz CT molecular complexity index is 784. The van der Waals surface area contributed by atoms with Crippen molar-refractivity contribution in [2.24, 2.45) is 5.73 Å². The molecule has 0 bridgehead atoms. The van der Waals surface area contributed by atoms with E-state index in [1.807, 2.05) is 0 Å². The van der Waals surface area contributed by atoms with Gasteiger partial charge in [-0.05, 0) is 17.7 Å². The van der Waals surface area contributed by atoms with Gasteiger partial charge in [-0.3, -0.25) is 0 Å². The molecule has 3 rings (SSSR count). The third kappa shape index (κ3) is 1.97. The van der Waals surface area contributed by atoms with E-state index in [0.717, 1.165) is 0 Å². The van der Waals surface area contributed by atoms with Gasteiger partial charge in [0.1, 0.15) is 18.2 Å². The van der Waals surface area contributed by atoms with Gasteiger partial charge >= 0.3 is 5.97 Å². The molecule has 2 aromatic rings. The molecule has 21 heavy (non-hydrogen) atoms. The number of aromatic nitrogens is 3. The minimum atomic E-state index is -1.01. The molecule has 4 N–H and O–H groups in total. The summed E-state index contributed by atoms with van der Waals surface area (Å²) in [5, 5.41) is 25.2. The lowest BCUT2D eigenvalue weighted by Crippen LogP contribution is -2.27. The van der Waals surface area contributed by atoms with Crippen molar-refractivity contribution in [3.05, 3.63) is 47.3 Å². The lowest BCUT2D eigenvalue weighted by molar-refractivity contribution is 0.0697. The van der Waals surface area contributed by atoms with Crippen molar-refractivity contribution >= 4 is 17.7 Å². The molecule has 8 heteroatoms. The second-order valence-electron chi connectivity index (χ2n) is 4.41. The third-order valence-electron chi connectivity index (χ3n) is 3.23. The fourth-order valence-electron chi connectivity index (χ4n) is 2.17. The first-order valence-electron chi connectivity index (χ1n) is 6.01. The summed E-state index contributed by atoms with van der Waals surface area (Å²) in [7, 11) is 0. The summed E-state index contributed by atoms with van der Waals surface area (Å²) in [4.78, 5) is 14.9. The quantitative estimate of drug-likeness (QED) is 0.742. The van der Waals surface area contributed by atoms with Crippen LogP contribution in [0, 0.1) is 11.3 Å². The molecule has 8 nitrogen and oxygen atoms in total. The number of carbonyl (C=O) groups is 1. The van der Waals surface area contributed by atoms with Gasteiger partial charge in [-0.25, -0.2) is 4.79 Å². The number of nitriles is 1. The van der Waals surface area contributed by atoms with Gasteiger partial charge in [0, 0.05) is 0 Å². The number of hydrogen-bond donors (Lipinski definition) is 3. The molecule has 0 amide bonds. The van der Waals surface area contributed by atoms with E-state index in [9.17, 15) is 10.1 Å². The largest absolute Gasteiger partial charge is 0.478 e. The Morgan fingerprint density at radius 2 is 2.14 bits per heavy atom. The van der Waals surface area contributed by atoms with Crippen LogP contribution in [0.15, 0.2) is 36.2 Å². The molecule has 2 heterocycles. The number of carboxylic acid groups (broad SMARTS) is 1. The number of carboxylic acids is 1. The van der Waals surface area contributed by atoms with E-state index in [0.29, 0.717) is 17.1 Å². The monoisotopic (exact) mass is 282 g/mol. The van der Waals surface area contributed by atoms with Crippen LogP contribution in [0.25, 0.3) is 5.82 Å². The smallest absolute Gasteiger partial charge is 0.335 e. The number of aromatic carboxylic acids is 1. The zero-order chi connectivity index (χ0) is 15.0. The lowest BCUT2D eigenvalue weighted by Gasteiger charge is -2.25. The van der Waals surface area contributed by atoms with Gasteiger partial charge in [0.05, 0.1) is 17.2 Å². The summed E-state index contributed by atoms with van der Waals surface area (Å²) < 4.78 is 1.35. The summed E-state index contributed by atoms with van der Waals surface area (Å²) in [6.45, 7) is 0. The van der Waals surface area contributed by atoms with Crippen LogP contribution in [0.5, 0.6) is 0 Å². The zero-order valence-electron chi connectivity index (χ0n) is 10.7. The Kier molecular flexibility index (Phi) is 2.80. The normalized spacial score (nSPS) is 16.8. The van der Waals surface area contributed by atoms with Crippen molar-refractivity contribution in [3.63, 3.8) is 0 Å². The fourth-order valence-corrected chi connectivity index (χ4v) is 2.17. The highest BCUT2D eigenvalue weighted by Gasteiger charge is 2.28. The second-order valence-corrected chi connectivity index (χ2v) is 4.41. The number of nitrogens with two attached hydrogens (primary N) is 1. The average Bonchev–Trinajstić information content (AvgIpc) is 2.96. The molecule has 1 aromatic carbocycles. The van der Waals surface area contributed by atoms with Crippen molar-refractivity contribution in [2.75, 3.05) is 5.32 Å². The molecular formula is C13H10N6O2. The maximum atomic E-state index is 10.9. The lowest BCUT2D eigenvalue weighted by atomic mass is 9.97. The molecule has 0 fully saturated rings. The molecule has 1 unspecified atom stereocenters. The summed E-state index contributed by atoms with van der Waals surface area (Å²) >= 11 is 0. The number of nitrogens with one attached hydrogen (secondary N) is 1. The number of anilines is 1. The first-order chi connectivity index (χ1) is 10.1. The van der Waals surface area contributed by atoms with E-state index in [-0.39, 0.29) is 11.4 Å². The first-order valence-corrected chi connectivity index (χ1v) is 6.01. The van der Waals surface area contributed by atoms with Gasteiger partial charge in [0.2, 0.25) is 5.95 Å². The first kappa shape index (κ1) is 12.7. The molecule has 0 aliphatic carbocycles. The molecule has 0 spiro atoms. The Morgan fingerprint density at radius 3 is 2.76 bits per heavy atom. The van der Waals surface area contributed by atoms with E-state index < -0.39 is 12.0 Å². The topological polar surface area (TPSA) is 130 Å². The number of fused-ring (bicyclic) bond motifs is 1. The Morgan fingerprint density at radius 1 is 1.43 bits per heavy atom. The standard InChI is InChI=1S/C13H10N6O2/c14-5-9-10(7-1-3-8(4-2-7)12(20)21)18-13-16-6-17-19(13)11(9)15/h1-4,6,10H,15H2,(H,20,21)(H,16,17,18). The van der Waals surface area contributed by atoms with E-state index in [1.165, 1.54) is 23.1 Å². The predicted octanol–water partition coefficient (Wildman–Crippen LogP) is 0.794. The minimum absolute atomic E-state index is 0.174. The van der Waals surface area contributed by atoms with Gasteiger partial charge in [-0.15, -0.1) is 0 Å². The van der Waals surface area contributed by atoms with E-state index >= 15 is 0 Å². The third-order valence-corrected chi connectivity index (χ3v) is 3.23. The Hall–Kier alpha value is -3.34. The average molecular weight is 282 g/mol. The van der Waals surface area contributed by atoms with Crippen LogP contribution in [0.4, 0.5) is 5.95 Å². The van der Waals surface area contributed by atoms with E-state index in [1.54, 1.807) is 12.1 Å². The number of hydrogen-bond acceptors (Lipinski definition) is 6. The number of rotatable bonds is 2.